The average molecular weight is 477 g/mol. The molecule has 32 heavy (non-hydrogen) atoms. The highest BCUT2D eigenvalue weighted by atomic mass is 35.5. The fourth-order valence-corrected chi connectivity index (χ4v) is 4.75. The third kappa shape index (κ3) is 5.06. The lowest BCUT2D eigenvalue weighted by atomic mass is 10.2. The summed E-state index contributed by atoms with van der Waals surface area (Å²) >= 11 is 6.14. The number of hydrogen-bond donors (Lipinski definition) is 1. The summed E-state index contributed by atoms with van der Waals surface area (Å²) in [7, 11) is -4.25. The number of H-pyrrole nitrogens is 1. The van der Waals surface area contributed by atoms with Crippen LogP contribution in [0.4, 0.5) is 10.1 Å². The second-order valence-corrected chi connectivity index (χ2v) is 8.77. The maximum absolute atomic E-state index is 13.3. The molecule has 1 heterocycles. The van der Waals surface area contributed by atoms with Crippen molar-refractivity contribution in [1.82, 2.24) is 4.98 Å². The molecule has 0 bridgehead atoms. The molecule has 3 aromatic rings. The van der Waals surface area contributed by atoms with Gasteiger partial charge in [-0.05, 0) is 54.6 Å². The molecule has 0 fully saturated rings. The Hall–Kier alpha value is -3.43. The Kier molecular flexibility index (Phi) is 7.12. The number of nitrogens with one attached hydrogen (secondary N) is 1. The number of esters is 1. The standard InChI is InChI=1S/C22H18ClFN2O5S/c1-2-12-26(17-8-6-16(24)7-9-17)32(29,30)21-13-15(5-10-18(21)23)22(28)31-14-20(27)19-4-3-11-25-19/h2-11,13,25H,1,12,14H2. The molecule has 0 aliphatic heterocycles. The molecular formula is C22H18ClFN2O5S. The zero-order chi connectivity index (χ0) is 23.3. The van der Waals surface area contributed by atoms with Gasteiger partial charge in [-0.1, -0.05) is 17.7 Å². The van der Waals surface area contributed by atoms with E-state index in [9.17, 15) is 22.4 Å². The van der Waals surface area contributed by atoms with Gasteiger partial charge in [0.2, 0.25) is 5.78 Å². The number of aromatic nitrogens is 1. The van der Waals surface area contributed by atoms with E-state index in [4.69, 9.17) is 16.3 Å². The zero-order valence-corrected chi connectivity index (χ0v) is 18.2. The number of sulfonamides is 1. The third-order valence-electron chi connectivity index (χ3n) is 4.38. The number of hydrogen-bond acceptors (Lipinski definition) is 5. The lowest BCUT2D eigenvalue weighted by Gasteiger charge is -2.24. The molecule has 0 saturated carbocycles. The van der Waals surface area contributed by atoms with Gasteiger partial charge >= 0.3 is 5.97 Å². The third-order valence-corrected chi connectivity index (χ3v) is 6.65. The molecule has 1 N–H and O–H groups in total. The second-order valence-electron chi connectivity index (χ2n) is 6.53. The summed E-state index contributed by atoms with van der Waals surface area (Å²) in [4.78, 5) is 26.8. The number of ether oxygens (including phenoxy) is 1. The van der Waals surface area contributed by atoms with Crippen LogP contribution in [0.25, 0.3) is 0 Å². The Morgan fingerprint density at radius 3 is 2.50 bits per heavy atom. The number of benzene rings is 2. The maximum Gasteiger partial charge on any atom is 0.338 e. The second kappa shape index (κ2) is 9.80. The first-order valence-corrected chi connectivity index (χ1v) is 11.1. The van der Waals surface area contributed by atoms with E-state index in [0.717, 1.165) is 22.5 Å². The van der Waals surface area contributed by atoms with Gasteiger partial charge < -0.3 is 9.72 Å². The minimum atomic E-state index is -4.25. The number of ketones is 1. The minimum Gasteiger partial charge on any atom is -0.454 e. The van der Waals surface area contributed by atoms with Crippen LogP contribution in [0, 0.1) is 5.82 Å². The van der Waals surface area contributed by atoms with Gasteiger partial charge in [-0.3, -0.25) is 9.10 Å². The van der Waals surface area contributed by atoms with Gasteiger partial charge in [0.15, 0.2) is 6.61 Å². The van der Waals surface area contributed by atoms with Crippen LogP contribution in [0.15, 0.2) is 78.3 Å². The highest BCUT2D eigenvalue weighted by Crippen LogP contribution is 2.30. The summed E-state index contributed by atoms with van der Waals surface area (Å²) in [5.41, 5.74) is 0.355. The fourth-order valence-electron chi connectivity index (χ4n) is 2.81. The van der Waals surface area contributed by atoms with E-state index in [-0.39, 0.29) is 33.4 Å². The molecule has 0 unspecified atom stereocenters. The van der Waals surface area contributed by atoms with Crippen LogP contribution in [-0.4, -0.2) is 38.3 Å². The highest BCUT2D eigenvalue weighted by molar-refractivity contribution is 7.93. The molecule has 0 amide bonds. The number of rotatable bonds is 9. The van der Waals surface area contributed by atoms with Crippen LogP contribution in [0.2, 0.25) is 5.02 Å². The van der Waals surface area contributed by atoms with Crippen molar-refractivity contribution in [2.45, 2.75) is 4.90 Å². The van der Waals surface area contributed by atoms with Gasteiger partial charge in [0, 0.05) is 6.20 Å². The summed E-state index contributed by atoms with van der Waals surface area (Å²) in [6.45, 7) is 2.91. The molecule has 0 aliphatic carbocycles. The van der Waals surface area contributed by atoms with Crippen molar-refractivity contribution < 1.29 is 27.1 Å². The SMILES string of the molecule is C=CCN(c1ccc(F)cc1)S(=O)(=O)c1cc(C(=O)OCC(=O)c2ccc[nH]2)ccc1Cl. The van der Waals surface area contributed by atoms with Gasteiger partial charge in [0.05, 0.1) is 28.5 Å². The summed E-state index contributed by atoms with van der Waals surface area (Å²) in [5, 5.41) is -0.125. The number of Topliss-reactive ketones (excluding diaryl/α,β-unsaturated/α-hetero) is 1. The van der Waals surface area contributed by atoms with E-state index in [1.807, 2.05) is 0 Å². The highest BCUT2D eigenvalue weighted by Gasteiger charge is 2.28. The van der Waals surface area contributed by atoms with Gasteiger partial charge in [0.1, 0.15) is 10.7 Å². The topological polar surface area (TPSA) is 96.5 Å². The number of aromatic amines is 1. The number of carbonyl (C=O) groups is 2. The zero-order valence-electron chi connectivity index (χ0n) is 16.6. The van der Waals surface area contributed by atoms with Crippen molar-refractivity contribution in [2.24, 2.45) is 0 Å². The first kappa shape index (κ1) is 23.2. The molecule has 0 radical (unpaired) electrons. The van der Waals surface area contributed by atoms with E-state index < -0.39 is 34.2 Å². The Bertz CT molecular complexity index is 1240. The Balaban J connectivity index is 1.88. The summed E-state index contributed by atoms with van der Waals surface area (Å²) in [5.74, 6) is -1.87. The molecule has 0 saturated heterocycles. The van der Waals surface area contributed by atoms with Crippen molar-refractivity contribution in [2.75, 3.05) is 17.5 Å². The number of carbonyl (C=O) groups excluding carboxylic acids is 2. The molecule has 0 atom stereocenters. The van der Waals surface area contributed by atoms with Crippen molar-refractivity contribution in [3.63, 3.8) is 0 Å². The normalized spacial score (nSPS) is 11.1. The predicted molar refractivity (Wildman–Crippen MR) is 118 cm³/mol. The van der Waals surface area contributed by atoms with Crippen molar-refractivity contribution in [1.29, 1.82) is 0 Å². The molecular weight excluding hydrogens is 459 g/mol. The molecule has 2 aromatic carbocycles. The maximum atomic E-state index is 13.3. The van der Waals surface area contributed by atoms with E-state index in [1.54, 1.807) is 12.3 Å². The van der Waals surface area contributed by atoms with E-state index in [1.165, 1.54) is 36.4 Å². The summed E-state index contributed by atoms with van der Waals surface area (Å²) in [6.07, 6.45) is 2.92. The first-order valence-electron chi connectivity index (χ1n) is 9.26. The van der Waals surface area contributed by atoms with Crippen LogP contribution in [-0.2, 0) is 14.8 Å². The van der Waals surface area contributed by atoms with Gasteiger partial charge in [0.25, 0.3) is 10.0 Å². The Morgan fingerprint density at radius 2 is 1.88 bits per heavy atom. The summed E-state index contributed by atoms with van der Waals surface area (Å²) < 4.78 is 45.9. The first-order chi connectivity index (χ1) is 15.2. The predicted octanol–water partition coefficient (Wildman–Crippen LogP) is 4.23. The lowest BCUT2D eigenvalue weighted by Crippen LogP contribution is -2.31. The monoisotopic (exact) mass is 476 g/mol. The molecule has 10 heteroatoms. The molecule has 7 nitrogen and oxygen atoms in total. The van der Waals surface area contributed by atoms with Crippen LogP contribution in [0.5, 0.6) is 0 Å². The number of halogens is 2. The lowest BCUT2D eigenvalue weighted by molar-refractivity contribution is 0.0473. The smallest absolute Gasteiger partial charge is 0.338 e. The minimum absolute atomic E-state index is 0.107. The summed E-state index contributed by atoms with van der Waals surface area (Å²) in [6, 6.07) is 11.6. The molecule has 0 spiro atoms. The molecule has 166 valence electrons. The van der Waals surface area contributed by atoms with Crippen LogP contribution >= 0.6 is 11.6 Å². The van der Waals surface area contributed by atoms with Crippen molar-refractivity contribution in [3.8, 4) is 0 Å². The van der Waals surface area contributed by atoms with Crippen LogP contribution in [0.1, 0.15) is 20.8 Å². The fraction of sp³-hybridized carbons (Fsp3) is 0.0909. The Morgan fingerprint density at radius 1 is 1.16 bits per heavy atom. The number of nitrogens with zero attached hydrogens (tertiary/aromatic N) is 1. The van der Waals surface area contributed by atoms with Gasteiger partial charge in [-0.2, -0.15) is 0 Å². The quantitative estimate of drug-likeness (QED) is 0.283. The molecule has 3 rings (SSSR count). The van der Waals surface area contributed by atoms with E-state index in [2.05, 4.69) is 11.6 Å². The van der Waals surface area contributed by atoms with Gasteiger partial charge in [-0.15, -0.1) is 6.58 Å². The largest absolute Gasteiger partial charge is 0.454 e. The molecule has 0 aliphatic rings. The van der Waals surface area contributed by atoms with Crippen LogP contribution < -0.4 is 4.31 Å². The molecule has 1 aromatic heterocycles. The van der Waals surface area contributed by atoms with Crippen LogP contribution in [0.3, 0.4) is 0 Å². The Labute approximate surface area is 189 Å². The van der Waals surface area contributed by atoms with Gasteiger partial charge in [-0.25, -0.2) is 17.6 Å². The van der Waals surface area contributed by atoms with E-state index >= 15 is 0 Å². The van der Waals surface area contributed by atoms with Crippen molar-refractivity contribution in [3.05, 3.63) is 95.5 Å². The van der Waals surface area contributed by atoms with E-state index in [0.29, 0.717) is 0 Å². The average Bonchev–Trinajstić information content (AvgIpc) is 3.31. The number of anilines is 1. The van der Waals surface area contributed by atoms with Crippen molar-refractivity contribution >= 4 is 39.1 Å².